The van der Waals surface area contributed by atoms with E-state index in [0.29, 0.717) is 5.75 Å². The second kappa shape index (κ2) is 10.3. The van der Waals surface area contributed by atoms with E-state index in [0.717, 1.165) is 31.2 Å². The predicted octanol–water partition coefficient (Wildman–Crippen LogP) is 4.82. The Morgan fingerprint density at radius 3 is 2.33 bits per heavy atom. The summed E-state index contributed by atoms with van der Waals surface area (Å²) in [5, 5.41) is 0.874. The molecule has 1 amide bonds. The van der Waals surface area contributed by atoms with Gasteiger partial charge >= 0.3 is 0 Å². The van der Waals surface area contributed by atoms with E-state index in [1.165, 1.54) is 31.2 Å². The molecule has 5 heteroatoms. The first-order valence-electron chi connectivity index (χ1n) is 9.04. The highest BCUT2D eigenvalue weighted by Crippen LogP contribution is 2.38. The first-order valence-corrected chi connectivity index (χ1v) is 10.5. The van der Waals surface area contributed by atoms with Crippen molar-refractivity contribution < 1.29 is 4.79 Å². The molecule has 1 heterocycles. The average molecular weight is 369 g/mol. The Morgan fingerprint density at radius 1 is 1.12 bits per heavy atom. The zero-order valence-corrected chi connectivity index (χ0v) is 16.4. The zero-order chi connectivity index (χ0) is 17.4. The molecule has 134 valence electrons. The van der Waals surface area contributed by atoms with Gasteiger partial charge in [0.15, 0.2) is 0 Å². The number of rotatable bonds is 10. The fraction of sp³-hybridized carbons (Fsp3) is 0.632. The molecule has 0 aliphatic carbocycles. The first-order chi connectivity index (χ1) is 11.7. The second-order valence-corrected chi connectivity index (χ2v) is 7.86. The molecule has 1 atom stereocenters. The second-order valence-electron chi connectivity index (χ2n) is 6.35. The molecular formula is C19H29ClN2OS. The van der Waals surface area contributed by atoms with Gasteiger partial charge in [0.1, 0.15) is 5.37 Å². The van der Waals surface area contributed by atoms with E-state index < -0.39 is 0 Å². The smallest absolute Gasteiger partial charge is 0.233 e. The standard InChI is InChI=1S/C19H29ClN2OS/c1-3-5-11-21(12-6-4-2)13-14-22-18(23)15-24-19(22)16-7-9-17(20)10-8-16/h7-10,19H,3-6,11-15H2,1-2H3. The molecule has 0 radical (unpaired) electrons. The van der Waals surface area contributed by atoms with Crippen molar-refractivity contribution in [3.05, 3.63) is 34.9 Å². The Kier molecular flexibility index (Phi) is 8.43. The van der Waals surface area contributed by atoms with Crippen LogP contribution in [0.3, 0.4) is 0 Å². The number of thioether (sulfide) groups is 1. The number of nitrogens with zero attached hydrogens (tertiary/aromatic N) is 2. The van der Waals surface area contributed by atoms with E-state index in [9.17, 15) is 4.79 Å². The van der Waals surface area contributed by atoms with Crippen molar-refractivity contribution in [1.29, 1.82) is 0 Å². The minimum absolute atomic E-state index is 0.133. The minimum Gasteiger partial charge on any atom is -0.325 e. The van der Waals surface area contributed by atoms with Gasteiger partial charge in [0.2, 0.25) is 5.91 Å². The zero-order valence-electron chi connectivity index (χ0n) is 14.8. The van der Waals surface area contributed by atoms with Crippen LogP contribution < -0.4 is 0 Å². The lowest BCUT2D eigenvalue weighted by atomic mass is 10.2. The van der Waals surface area contributed by atoms with Crippen molar-refractivity contribution in [2.75, 3.05) is 31.9 Å². The summed E-state index contributed by atoms with van der Waals surface area (Å²) in [6.07, 6.45) is 4.89. The van der Waals surface area contributed by atoms with Gasteiger partial charge in [0.25, 0.3) is 0 Å². The maximum Gasteiger partial charge on any atom is 0.233 e. The molecule has 3 nitrogen and oxygen atoms in total. The van der Waals surface area contributed by atoms with Crippen LogP contribution in [0.25, 0.3) is 0 Å². The van der Waals surface area contributed by atoms with Crippen molar-refractivity contribution in [3.8, 4) is 0 Å². The molecule has 0 N–H and O–H groups in total. The van der Waals surface area contributed by atoms with Crippen LogP contribution in [0.5, 0.6) is 0 Å². The van der Waals surface area contributed by atoms with E-state index in [1.54, 1.807) is 11.8 Å². The van der Waals surface area contributed by atoms with Crippen molar-refractivity contribution in [2.24, 2.45) is 0 Å². The number of halogens is 1. The van der Waals surface area contributed by atoms with Gasteiger partial charge in [-0.25, -0.2) is 0 Å². The number of carbonyl (C=O) groups excluding carboxylic acids is 1. The van der Waals surface area contributed by atoms with E-state index in [-0.39, 0.29) is 11.3 Å². The highest BCUT2D eigenvalue weighted by Gasteiger charge is 2.32. The Hall–Kier alpha value is -0.710. The van der Waals surface area contributed by atoms with E-state index in [4.69, 9.17) is 11.6 Å². The first kappa shape index (κ1) is 19.6. The molecule has 1 aromatic carbocycles. The van der Waals surface area contributed by atoms with Crippen LogP contribution in [0.1, 0.15) is 50.5 Å². The molecule has 0 spiro atoms. The molecule has 1 unspecified atom stereocenters. The molecule has 0 aromatic heterocycles. The topological polar surface area (TPSA) is 23.6 Å². The summed E-state index contributed by atoms with van der Waals surface area (Å²) in [7, 11) is 0. The van der Waals surface area contributed by atoms with Gasteiger partial charge in [0.05, 0.1) is 5.75 Å². The third-order valence-corrected chi connectivity index (χ3v) is 5.94. The molecule has 0 saturated carbocycles. The lowest BCUT2D eigenvalue weighted by molar-refractivity contribution is -0.128. The van der Waals surface area contributed by atoms with Gasteiger partial charge in [-0.2, -0.15) is 0 Å². The van der Waals surface area contributed by atoms with Crippen molar-refractivity contribution in [1.82, 2.24) is 9.80 Å². The number of hydrogen-bond acceptors (Lipinski definition) is 3. The fourth-order valence-corrected chi connectivity index (χ4v) is 4.29. The third-order valence-electron chi connectivity index (χ3n) is 4.44. The summed E-state index contributed by atoms with van der Waals surface area (Å²) in [4.78, 5) is 16.9. The van der Waals surface area contributed by atoms with E-state index >= 15 is 0 Å². The summed E-state index contributed by atoms with van der Waals surface area (Å²) < 4.78 is 0. The third kappa shape index (κ3) is 5.68. The van der Waals surface area contributed by atoms with Crippen LogP contribution in [0.4, 0.5) is 0 Å². The molecule has 1 saturated heterocycles. The molecule has 24 heavy (non-hydrogen) atoms. The van der Waals surface area contributed by atoms with Crippen molar-refractivity contribution in [3.63, 3.8) is 0 Å². The highest BCUT2D eigenvalue weighted by molar-refractivity contribution is 8.00. The molecule has 1 aliphatic rings. The lowest BCUT2D eigenvalue weighted by Crippen LogP contribution is -2.38. The van der Waals surface area contributed by atoms with Crippen molar-refractivity contribution in [2.45, 2.75) is 44.9 Å². The lowest BCUT2D eigenvalue weighted by Gasteiger charge is -2.28. The molecule has 2 rings (SSSR count). The Morgan fingerprint density at radius 2 is 1.75 bits per heavy atom. The van der Waals surface area contributed by atoms with E-state index in [1.807, 2.05) is 29.2 Å². The van der Waals surface area contributed by atoms with E-state index in [2.05, 4.69) is 18.7 Å². The van der Waals surface area contributed by atoms with Crippen LogP contribution >= 0.6 is 23.4 Å². The quantitative estimate of drug-likeness (QED) is 0.591. The van der Waals surface area contributed by atoms with Gasteiger partial charge in [-0.3, -0.25) is 4.79 Å². The maximum absolute atomic E-state index is 12.3. The fourth-order valence-electron chi connectivity index (χ4n) is 2.95. The summed E-state index contributed by atoms with van der Waals surface area (Å²) in [5.41, 5.74) is 1.17. The largest absolute Gasteiger partial charge is 0.325 e. The minimum atomic E-state index is 0.133. The molecule has 1 aliphatic heterocycles. The van der Waals surface area contributed by atoms with Crippen LogP contribution in [0.2, 0.25) is 5.02 Å². The maximum atomic E-state index is 12.3. The monoisotopic (exact) mass is 368 g/mol. The van der Waals surface area contributed by atoms with Crippen LogP contribution in [-0.4, -0.2) is 47.6 Å². The van der Waals surface area contributed by atoms with Gasteiger partial charge in [0, 0.05) is 18.1 Å². The number of carbonyl (C=O) groups is 1. The van der Waals surface area contributed by atoms with Crippen LogP contribution in [-0.2, 0) is 4.79 Å². The van der Waals surface area contributed by atoms with Gasteiger partial charge in [-0.15, -0.1) is 11.8 Å². The number of unbranched alkanes of at least 4 members (excludes halogenated alkanes) is 2. The highest BCUT2D eigenvalue weighted by atomic mass is 35.5. The SMILES string of the molecule is CCCCN(CCCC)CCN1C(=O)CSC1c1ccc(Cl)cc1. The molecule has 1 fully saturated rings. The Bertz CT molecular complexity index is 501. The Labute approximate surface area is 155 Å². The average Bonchev–Trinajstić information content (AvgIpc) is 2.96. The van der Waals surface area contributed by atoms with Crippen molar-refractivity contribution >= 4 is 29.3 Å². The predicted molar refractivity (Wildman–Crippen MR) is 105 cm³/mol. The van der Waals surface area contributed by atoms with Gasteiger partial charge in [-0.05, 0) is 43.6 Å². The van der Waals surface area contributed by atoms with Gasteiger partial charge in [-0.1, -0.05) is 50.4 Å². The summed E-state index contributed by atoms with van der Waals surface area (Å²) in [6.45, 7) is 8.52. The van der Waals surface area contributed by atoms with Crippen LogP contribution in [0, 0.1) is 0 Å². The summed E-state index contributed by atoms with van der Waals surface area (Å²) in [6, 6.07) is 7.90. The number of benzene rings is 1. The normalized spacial score (nSPS) is 17.9. The summed E-state index contributed by atoms with van der Waals surface area (Å²) in [5.74, 6) is 0.836. The summed E-state index contributed by atoms with van der Waals surface area (Å²) >= 11 is 7.71. The number of hydrogen-bond donors (Lipinski definition) is 0. The molecular weight excluding hydrogens is 340 g/mol. The molecule has 0 bridgehead atoms. The Balaban J connectivity index is 1.96. The molecule has 1 aromatic rings. The van der Waals surface area contributed by atoms with Gasteiger partial charge < -0.3 is 9.80 Å². The number of amides is 1. The van der Waals surface area contributed by atoms with Crippen LogP contribution in [0.15, 0.2) is 24.3 Å².